The van der Waals surface area contributed by atoms with E-state index in [1.54, 1.807) is 18.2 Å². The lowest BCUT2D eigenvalue weighted by molar-refractivity contribution is 0.0943. The first-order valence-corrected chi connectivity index (χ1v) is 6.89. The lowest BCUT2D eigenvalue weighted by Gasteiger charge is -2.19. The number of halogens is 1. The minimum atomic E-state index is -1.00. The van der Waals surface area contributed by atoms with Crippen LogP contribution in [0.25, 0.3) is 0 Å². The van der Waals surface area contributed by atoms with Crippen molar-refractivity contribution in [2.75, 3.05) is 4.90 Å². The molecular formula is C17H11FN2O3. The second-order valence-corrected chi connectivity index (χ2v) is 4.91. The van der Waals surface area contributed by atoms with Gasteiger partial charge in [-0.25, -0.2) is 14.1 Å². The molecule has 0 fully saturated rings. The molecule has 1 atom stereocenters. The number of cyclic esters (lactones) is 1. The SMILES string of the molecule is N#CCC1OC(=O)N(c2ccccc2F)C(=O)c2ccccc21. The fraction of sp³-hybridized carbons (Fsp3) is 0.118. The van der Waals surface area contributed by atoms with E-state index in [2.05, 4.69) is 0 Å². The molecule has 23 heavy (non-hydrogen) atoms. The Morgan fingerprint density at radius 1 is 1.13 bits per heavy atom. The summed E-state index contributed by atoms with van der Waals surface area (Å²) in [4.78, 5) is 25.7. The Hall–Kier alpha value is -3.20. The Morgan fingerprint density at radius 3 is 2.57 bits per heavy atom. The van der Waals surface area contributed by atoms with Crippen molar-refractivity contribution in [1.82, 2.24) is 0 Å². The highest BCUT2D eigenvalue weighted by atomic mass is 19.1. The number of benzene rings is 2. The Labute approximate surface area is 131 Å². The molecule has 0 bridgehead atoms. The minimum absolute atomic E-state index is 0.0961. The average Bonchev–Trinajstić information content (AvgIpc) is 2.65. The summed E-state index contributed by atoms with van der Waals surface area (Å²) in [5.74, 6) is -1.40. The molecule has 3 rings (SSSR count). The van der Waals surface area contributed by atoms with Crippen LogP contribution in [-0.2, 0) is 4.74 Å². The predicted molar refractivity (Wildman–Crippen MR) is 79.1 cm³/mol. The Morgan fingerprint density at radius 2 is 1.83 bits per heavy atom. The molecule has 2 aromatic carbocycles. The first kappa shape index (κ1) is 14.7. The van der Waals surface area contributed by atoms with Gasteiger partial charge in [0, 0.05) is 11.1 Å². The maximum absolute atomic E-state index is 14.0. The molecule has 0 N–H and O–H groups in total. The van der Waals surface area contributed by atoms with Gasteiger partial charge in [-0.2, -0.15) is 5.26 Å². The molecule has 0 spiro atoms. The van der Waals surface area contributed by atoms with Gasteiger partial charge in [0.05, 0.1) is 18.2 Å². The van der Waals surface area contributed by atoms with Gasteiger partial charge in [-0.15, -0.1) is 0 Å². The van der Waals surface area contributed by atoms with Gasteiger partial charge in [-0.1, -0.05) is 30.3 Å². The normalized spacial score (nSPS) is 17.0. The smallest absolute Gasteiger partial charge is 0.422 e. The van der Waals surface area contributed by atoms with Gasteiger partial charge >= 0.3 is 6.09 Å². The van der Waals surface area contributed by atoms with Crippen LogP contribution in [0.5, 0.6) is 0 Å². The maximum atomic E-state index is 14.0. The van der Waals surface area contributed by atoms with Crippen molar-refractivity contribution in [3.05, 3.63) is 65.5 Å². The van der Waals surface area contributed by atoms with Gasteiger partial charge in [0.15, 0.2) is 0 Å². The number of hydrogen-bond donors (Lipinski definition) is 0. The molecule has 0 aliphatic carbocycles. The van der Waals surface area contributed by atoms with E-state index in [0.29, 0.717) is 10.5 Å². The molecule has 6 heteroatoms. The Kier molecular flexibility index (Phi) is 3.77. The van der Waals surface area contributed by atoms with Crippen LogP contribution in [0.2, 0.25) is 0 Å². The van der Waals surface area contributed by atoms with Crippen LogP contribution < -0.4 is 4.90 Å². The van der Waals surface area contributed by atoms with Crippen LogP contribution in [0.4, 0.5) is 14.9 Å². The quantitative estimate of drug-likeness (QED) is 0.850. The third-order valence-electron chi connectivity index (χ3n) is 3.54. The lowest BCUT2D eigenvalue weighted by atomic mass is 10.00. The molecule has 5 nitrogen and oxygen atoms in total. The number of rotatable bonds is 2. The number of nitrogens with zero attached hydrogens (tertiary/aromatic N) is 2. The topological polar surface area (TPSA) is 70.4 Å². The molecule has 0 saturated heterocycles. The van der Waals surface area contributed by atoms with E-state index in [1.807, 2.05) is 6.07 Å². The molecule has 0 aromatic heterocycles. The summed E-state index contributed by atoms with van der Waals surface area (Å²) in [6, 6.07) is 13.8. The Bertz CT molecular complexity index is 829. The maximum Gasteiger partial charge on any atom is 0.422 e. The number of anilines is 1. The van der Waals surface area contributed by atoms with Crippen molar-refractivity contribution in [3.8, 4) is 6.07 Å². The standard InChI is InChI=1S/C17H11FN2O3/c18-13-7-3-4-8-14(13)20-16(21)12-6-2-1-5-11(12)15(9-10-19)23-17(20)22/h1-8,15H,9H2. The zero-order chi connectivity index (χ0) is 16.4. The summed E-state index contributed by atoms with van der Waals surface area (Å²) >= 11 is 0. The minimum Gasteiger partial charge on any atom is -0.440 e. The fourth-order valence-electron chi connectivity index (χ4n) is 2.49. The molecule has 2 aromatic rings. The second-order valence-electron chi connectivity index (χ2n) is 4.91. The summed E-state index contributed by atoms with van der Waals surface area (Å²) < 4.78 is 19.3. The van der Waals surface area contributed by atoms with E-state index in [0.717, 1.165) is 6.07 Å². The fourth-order valence-corrected chi connectivity index (χ4v) is 2.49. The summed E-state index contributed by atoms with van der Waals surface area (Å²) in [6.45, 7) is 0. The van der Waals surface area contributed by atoms with Gasteiger partial charge in [0.1, 0.15) is 11.9 Å². The molecule has 1 aliphatic rings. The highest BCUT2D eigenvalue weighted by molar-refractivity contribution is 6.20. The number of para-hydroxylation sites is 1. The first-order valence-electron chi connectivity index (χ1n) is 6.89. The van der Waals surface area contributed by atoms with Crippen LogP contribution in [0.15, 0.2) is 48.5 Å². The number of hydrogen-bond acceptors (Lipinski definition) is 4. The largest absolute Gasteiger partial charge is 0.440 e. The molecule has 2 amide bonds. The van der Waals surface area contributed by atoms with Crippen molar-refractivity contribution in [3.63, 3.8) is 0 Å². The highest BCUT2D eigenvalue weighted by Crippen LogP contribution is 2.32. The molecule has 1 unspecified atom stereocenters. The number of fused-ring (bicyclic) bond motifs is 1. The number of nitriles is 1. The molecule has 1 heterocycles. The van der Waals surface area contributed by atoms with Crippen molar-refractivity contribution in [1.29, 1.82) is 5.26 Å². The van der Waals surface area contributed by atoms with E-state index >= 15 is 0 Å². The van der Waals surface area contributed by atoms with E-state index in [9.17, 15) is 14.0 Å². The predicted octanol–water partition coefficient (Wildman–Crippen LogP) is 3.58. The zero-order valence-corrected chi connectivity index (χ0v) is 11.9. The zero-order valence-electron chi connectivity index (χ0n) is 11.9. The van der Waals surface area contributed by atoms with E-state index in [4.69, 9.17) is 10.00 Å². The first-order chi connectivity index (χ1) is 11.1. The molecule has 114 valence electrons. The van der Waals surface area contributed by atoms with Crippen LogP contribution in [0, 0.1) is 17.1 Å². The van der Waals surface area contributed by atoms with Crippen LogP contribution in [-0.4, -0.2) is 12.0 Å². The second kappa shape index (κ2) is 5.89. The van der Waals surface area contributed by atoms with E-state index < -0.39 is 23.9 Å². The number of carbonyl (C=O) groups is 2. The van der Waals surface area contributed by atoms with Crippen molar-refractivity contribution in [2.45, 2.75) is 12.5 Å². The van der Waals surface area contributed by atoms with Gasteiger partial charge in [0.2, 0.25) is 0 Å². The summed E-state index contributed by atoms with van der Waals surface area (Å²) in [5.41, 5.74) is 0.461. The summed E-state index contributed by atoms with van der Waals surface area (Å²) in [6.07, 6.45) is -1.97. The third kappa shape index (κ3) is 2.53. The number of amides is 2. The van der Waals surface area contributed by atoms with Crippen molar-refractivity contribution in [2.24, 2.45) is 0 Å². The third-order valence-corrected chi connectivity index (χ3v) is 3.54. The van der Waals surface area contributed by atoms with Crippen molar-refractivity contribution < 1.29 is 18.7 Å². The van der Waals surface area contributed by atoms with E-state index in [1.165, 1.54) is 24.3 Å². The highest BCUT2D eigenvalue weighted by Gasteiger charge is 2.36. The number of imide groups is 1. The lowest BCUT2D eigenvalue weighted by Crippen LogP contribution is -2.36. The number of carbonyl (C=O) groups excluding carboxylic acids is 2. The van der Waals surface area contributed by atoms with Crippen molar-refractivity contribution >= 4 is 17.7 Å². The average molecular weight is 310 g/mol. The number of ether oxygens (including phenoxy) is 1. The van der Waals surface area contributed by atoms with Crippen LogP contribution in [0.1, 0.15) is 28.4 Å². The van der Waals surface area contributed by atoms with Crippen LogP contribution >= 0.6 is 0 Å². The molecule has 0 radical (unpaired) electrons. The molecule has 0 saturated carbocycles. The van der Waals surface area contributed by atoms with Gasteiger partial charge in [-0.3, -0.25) is 4.79 Å². The summed E-state index contributed by atoms with van der Waals surface area (Å²) in [5, 5.41) is 8.92. The van der Waals surface area contributed by atoms with E-state index in [-0.39, 0.29) is 17.7 Å². The summed E-state index contributed by atoms with van der Waals surface area (Å²) in [7, 11) is 0. The Balaban J connectivity index is 2.15. The van der Waals surface area contributed by atoms with Gasteiger partial charge in [0.25, 0.3) is 5.91 Å². The molecule has 1 aliphatic heterocycles. The monoisotopic (exact) mass is 310 g/mol. The van der Waals surface area contributed by atoms with Crippen LogP contribution in [0.3, 0.4) is 0 Å². The molecular weight excluding hydrogens is 299 g/mol. The van der Waals surface area contributed by atoms with Gasteiger partial charge in [-0.05, 0) is 18.2 Å². The van der Waals surface area contributed by atoms with Gasteiger partial charge < -0.3 is 4.74 Å².